The van der Waals surface area contributed by atoms with E-state index in [1.165, 1.54) is 11.1 Å². The minimum atomic E-state index is -0.270. The molecule has 0 bridgehead atoms. The maximum Gasteiger partial charge on any atom is 0.191 e. The van der Waals surface area contributed by atoms with E-state index in [-0.39, 0.29) is 35.8 Å². The zero-order chi connectivity index (χ0) is 18.4. The Balaban J connectivity index is 0.00000261. The predicted molar refractivity (Wildman–Crippen MR) is 120 cm³/mol. The van der Waals surface area contributed by atoms with E-state index in [1.807, 2.05) is 11.8 Å². The third kappa shape index (κ3) is 6.27. The quantitative estimate of drug-likeness (QED) is 0.274. The molecular formula is C18H26FIN6S. The van der Waals surface area contributed by atoms with Crippen LogP contribution in [-0.2, 0) is 6.42 Å². The molecule has 3 rings (SSSR count). The Bertz CT molecular complexity index is 753. The van der Waals surface area contributed by atoms with Crippen LogP contribution in [0.1, 0.15) is 23.5 Å². The zero-order valence-corrected chi connectivity index (χ0v) is 18.8. The number of aryl methyl sites for hydroxylation is 2. The fourth-order valence-corrected chi connectivity index (χ4v) is 3.85. The Labute approximate surface area is 180 Å². The largest absolute Gasteiger partial charge is 0.356 e. The van der Waals surface area contributed by atoms with E-state index in [0.717, 1.165) is 44.0 Å². The maximum absolute atomic E-state index is 13.9. The SMILES string of the molecule is CN=C(NCCCc1nc(C)cs1)NC1CCN(c2ncccc2F)C1.I. The molecule has 0 spiro atoms. The highest BCUT2D eigenvalue weighted by atomic mass is 127. The molecule has 148 valence electrons. The van der Waals surface area contributed by atoms with Gasteiger partial charge in [0.25, 0.3) is 0 Å². The number of thiazole rings is 1. The monoisotopic (exact) mass is 504 g/mol. The minimum absolute atomic E-state index is 0. The van der Waals surface area contributed by atoms with Crippen molar-refractivity contribution >= 4 is 47.1 Å². The molecule has 1 aliphatic rings. The van der Waals surface area contributed by atoms with Gasteiger partial charge in [0.15, 0.2) is 17.6 Å². The van der Waals surface area contributed by atoms with Crippen LogP contribution in [0.25, 0.3) is 0 Å². The first-order valence-corrected chi connectivity index (χ1v) is 9.77. The molecule has 0 amide bonds. The van der Waals surface area contributed by atoms with Crippen molar-refractivity contribution in [1.82, 2.24) is 20.6 Å². The lowest BCUT2D eigenvalue weighted by atomic mass is 10.3. The second-order valence-electron chi connectivity index (χ2n) is 6.37. The minimum Gasteiger partial charge on any atom is -0.356 e. The van der Waals surface area contributed by atoms with Gasteiger partial charge in [-0.1, -0.05) is 0 Å². The van der Waals surface area contributed by atoms with Crippen LogP contribution in [0.15, 0.2) is 28.7 Å². The van der Waals surface area contributed by atoms with Crippen molar-refractivity contribution < 1.29 is 4.39 Å². The summed E-state index contributed by atoms with van der Waals surface area (Å²) in [5.41, 5.74) is 1.09. The highest BCUT2D eigenvalue weighted by molar-refractivity contribution is 14.0. The number of aromatic nitrogens is 2. The molecule has 1 fully saturated rings. The Hall–Kier alpha value is -1.49. The van der Waals surface area contributed by atoms with Gasteiger partial charge in [0.2, 0.25) is 0 Å². The number of hydrogen-bond acceptors (Lipinski definition) is 5. The Kier molecular flexibility index (Phi) is 8.68. The van der Waals surface area contributed by atoms with E-state index in [4.69, 9.17) is 0 Å². The molecule has 6 nitrogen and oxygen atoms in total. The van der Waals surface area contributed by atoms with Gasteiger partial charge in [0.05, 0.1) is 5.01 Å². The summed E-state index contributed by atoms with van der Waals surface area (Å²) >= 11 is 1.71. The zero-order valence-electron chi connectivity index (χ0n) is 15.6. The molecule has 0 aliphatic carbocycles. The van der Waals surface area contributed by atoms with Gasteiger partial charge in [0.1, 0.15) is 0 Å². The highest BCUT2D eigenvalue weighted by Gasteiger charge is 2.25. The summed E-state index contributed by atoms with van der Waals surface area (Å²) in [5, 5.41) is 10.0. The predicted octanol–water partition coefficient (Wildman–Crippen LogP) is 2.98. The number of pyridine rings is 1. The van der Waals surface area contributed by atoms with Crippen molar-refractivity contribution in [2.45, 2.75) is 32.2 Å². The van der Waals surface area contributed by atoms with E-state index < -0.39 is 0 Å². The van der Waals surface area contributed by atoms with Gasteiger partial charge in [-0.15, -0.1) is 35.3 Å². The second-order valence-corrected chi connectivity index (χ2v) is 7.31. The van der Waals surface area contributed by atoms with Crippen LogP contribution in [0.3, 0.4) is 0 Å². The number of nitrogens with zero attached hydrogens (tertiary/aromatic N) is 4. The normalized spacial score (nSPS) is 16.9. The fourth-order valence-electron chi connectivity index (χ4n) is 3.03. The molecule has 1 unspecified atom stereocenters. The Morgan fingerprint density at radius 1 is 1.48 bits per heavy atom. The van der Waals surface area contributed by atoms with E-state index in [0.29, 0.717) is 12.4 Å². The number of anilines is 1. The van der Waals surface area contributed by atoms with Crippen molar-refractivity contribution in [3.05, 3.63) is 40.2 Å². The standard InChI is InChI=1S/C18H25FN6S.HI/c1-13-12-26-16(23-13)6-4-9-22-18(20-2)24-14-7-10-25(11-14)17-15(19)5-3-8-21-17;/h3,5,8,12,14H,4,6-7,9-11H2,1-2H3,(H2,20,22,24);1H. The van der Waals surface area contributed by atoms with Crippen molar-refractivity contribution in [3.8, 4) is 0 Å². The topological polar surface area (TPSA) is 65.4 Å². The van der Waals surface area contributed by atoms with Gasteiger partial charge in [-0.2, -0.15) is 0 Å². The number of aliphatic imine (C=N–C) groups is 1. The van der Waals surface area contributed by atoms with Crippen molar-refractivity contribution in [2.75, 3.05) is 31.6 Å². The second kappa shape index (κ2) is 10.7. The van der Waals surface area contributed by atoms with E-state index in [1.54, 1.807) is 30.6 Å². The third-order valence-corrected chi connectivity index (χ3v) is 5.34. The van der Waals surface area contributed by atoms with Crippen LogP contribution in [-0.4, -0.2) is 48.7 Å². The summed E-state index contributed by atoms with van der Waals surface area (Å²) < 4.78 is 13.9. The summed E-state index contributed by atoms with van der Waals surface area (Å²) in [6.45, 7) is 4.36. The average Bonchev–Trinajstić information content (AvgIpc) is 3.27. The summed E-state index contributed by atoms with van der Waals surface area (Å²) in [6, 6.07) is 3.29. The lowest BCUT2D eigenvalue weighted by Gasteiger charge is -2.19. The summed E-state index contributed by atoms with van der Waals surface area (Å²) in [4.78, 5) is 14.9. The lowest BCUT2D eigenvalue weighted by Crippen LogP contribution is -2.45. The van der Waals surface area contributed by atoms with Gasteiger partial charge in [-0.3, -0.25) is 4.99 Å². The van der Waals surface area contributed by atoms with E-state index >= 15 is 0 Å². The third-order valence-electron chi connectivity index (χ3n) is 4.32. The smallest absolute Gasteiger partial charge is 0.191 e. The molecule has 3 heterocycles. The maximum atomic E-state index is 13.9. The molecule has 9 heteroatoms. The Morgan fingerprint density at radius 2 is 2.33 bits per heavy atom. The first kappa shape index (κ1) is 21.8. The number of rotatable bonds is 6. The van der Waals surface area contributed by atoms with E-state index in [2.05, 4.69) is 31.0 Å². The van der Waals surface area contributed by atoms with Crippen LogP contribution < -0.4 is 15.5 Å². The van der Waals surface area contributed by atoms with Crippen molar-refractivity contribution in [2.24, 2.45) is 4.99 Å². The summed E-state index contributed by atoms with van der Waals surface area (Å²) in [5.74, 6) is 0.945. The van der Waals surface area contributed by atoms with Crippen LogP contribution >= 0.6 is 35.3 Å². The van der Waals surface area contributed by atoms with Crippen LogP contribution in [0.4, 0.5) is 10.2 Å². The van der Waals surface area contributed by atoms with Gasteiger partial charge in [0, 0.05) is 56.4 Å². The number of halogens is 2. The number of guanidine groups is 1. The molecule has 27 heavy (non-hydrogen) atoms. The van der Waals surface area contributed by atoms with Crippen LogP contribution in [0.2, 0.25) is 0 Å². The first-order chi connectivity index (χ1) is 12.7. The van der Waals surface area contributed by atoms with Crippen molar-refractivity contribution in [1.29, 1.82) is 0 Å². The molecule has 1 saturated heterocycles. The van der Waals surface area contributed by atoms with Gasteiger partial charge >= 0.3 is 0 Å². The lowest BCUT2D eigenvalue weighted by molar-refractivity contribution is 0.612. The molecule has 0 saturated carbocycles. The summed E-state index contributed by atoms with van der Waals surface area (Å²) in [6.07, 6.45) is 4.53. The molecule has 2 N–H and O–H groups in total. The average molecular weight is 504 g/mol. The molecule has 1 atom stereocenters. The molecule has 1 aliphatic heterocycles. The molecule has 0 radical (unpaired) electrons. The molecule has 2 aromatic rings. The van der Waals surface area contributed by atoms with Crippen LogP contribution in [0.5, 0.6) is 0 Å². The number of hydrogen-bond donors (Lipinski definition) is 2. The molecule has 2 aromatic heterocycles. The fraction of sp³-hybridized carbons (Fsp3) is 0.500. The first-order valence-electron chi connectivity index (χ1n) is 8.89. The van der Waals surface area contributed by atoms with Gasteiger partial charge in [-0.05, 0) is 31.9 Å². The van der Waals surface area contributed by atoms with Crippen molar-refractivity contribution in [3.63, 3.8) is 0 Å². The number of nitrogens with one attached hydrogen (secondary N) is 2. The summed E-state index contributed by atoms with van der Waals surface area (Å²) in [7, 11) is 1.77. The highest BCUT2D eigenvalue weighted by Crippen LogP contribution is 2.20. The molecular weight excluding hydrogens is 478 g/mol. The Morgan fingerprint density at radius 3 is 3.04 bits per heavy atom. The van der Waals surface area contributed by atoms with Crippen LogP contribution in [0, 0.1) is 12.7 Å². The molecule has 0 aromatic carbocycles. The van der Waals surface area contributed by atoms with Gasteiger partial charge < -0.3 is 15.5 Å². The van der Waals surface area contributed by atoms with Gasteiger partial charge in [-0.25, -0.2) is 14.4 Å². The van der Waals surface area contributed by atoms with E-state index in [9.17, 15) is 4.39 Å².